The van der Waals surface area contributed by atoms with Crippen LogP contribution in [0.3, 0.4) is 0 Å². The molecule has 1 aromatic carbocycles. The van der Waals surface area contributed by atoms with Crippen molar-refractivity contribution >= 4 is 25.4 Å². The first kappa shape index (κ1) is 15.7. The number of hydrogen-bond donors (Lipinski definition) is 0. The van der Waals surface area contributed by atoms with Crippen molar-refractivity contribution in [3.05, 3.63) is 33.4 Å². The molecule has 0 bridgehead atoms. The maximum Gasteiger partial charge on any atom is 0.423 e. The molecule has 1 aromatic rings. The lowest BCUT2D eigenvalue weighted by molar-refractivity contribution is -0.388. The first-order valence-corrected chi connectivity index (χ1v) is 7.12. The molecule has 0 saturated carbocycles. The summed E-state index contributed by atoms with van der Waals surface area (Å²) in [6.45, 7) is 1.41. The van der Waals surface area contributed by atoms with Crippen molar-refractivity contribution in [3.63, 3.8) is 0 Å². The number of nitro groups is 1. The summed E-state index contributed by atoms with van der Waals surface area (Å²) in [4.78, 5) is 8.63. The fourth-order valence-electron chi connectivity index (χ4n) is 1.50. The molecule has 0 N–H and O–H groups in total. The molecule has 10 heteroatoms. The molecule has 0 atom stereocenters. The molecule has 0 aromatic heterocycles. The number of halogens is 4. The van der Waals surface area contributed by atoms with Crippen molar-refractivity contribution in [1.29, 1.82) is 0 Å². The second-order valence-electron chi connectivity index (χ2n) is 3.52. The lowest BCUT2D eigenvalue weighted by atomic mass is 10.1. The molecule has 0 fully saturated rings. The van der Waals surface area contributed by atoms with Crippen molar-refractivity contribution in [2.24, 2.45) is 0 Å². The molecule has 0 unspecified atom stereocenters. The molecule has 0 saturated heterocycles. The summed E-state index contributed by atoms with van der Waals surface area (Å²) in [5.41, 5.74) is -3.07. The van der Waals surface area contributed by atoms with Crippen LogP contribution in [0, 0.1) is 10.1 Å². The van der Waals surface area contributed by atoms with E-state index in [1.165, 1.54) is 6.92 Å². The van der Waals surface area contributed by atoms with Crippen molar-refractivity contribution in [3.8, 4) is 0 Å². The van der Waals surface area contributed by atoms with Gasteiger partial charge in [-0.05, 0) is 18.1 Å². The van der Waals surface area contributed by atoms with E-state index < -0.39 is 36.3 Å². The van der Waals surface area contributed by atoms with E-state index in [9.17, 15) is 31.7 Å². The molecule has 0 heterocycles. The fraction of sp³-hybridized carbons (Fsp3) is 0.333. The highest BCUT2D eigenvalue weighted by Gasteiger charge is 2.40. The quantitative estimate of drug-likeness (QED) is 0.487. The van der Waals surface area contributed by atoms with Gasteiger partial charge < -0.3 is 0 Å². The van der Waals surface area contributed by atoms with Crippen LogP contribution in [0.2, 0.25) is 0 Å². The van der Waals surface area contributed by atoms with E-state index in [0.29, 0.717) is 12.1 Å². The SMILES string of the molecule is CCc1cc(C(F)(F)F)c([N+](=O)[O-])cc1S(=O)(=O)Cl. The molecule has 1 rings (SSSR count). The van der Waals surface area contributed by atoms with E-state index in [2.05, 4.69) is 0 Å². The minimum Gasteiger partial charge on any atom is -0.258 e. The van der Waals surface area contributed by atoms with Crippen LogP contribution < -0.4 is 0 Å². The van der Waals surface area contributed by atoms with Crippen molar-refractivity contribution < 1.29 is 26.5 Å². The Bertz CT molecular complexity index is 627. The normalized spacial score (nSPS) is 12.5. The van der Waals surface area contributed by atoms with Gasteiger partial charge in [-0.15, -0.1) is 0 Å². The number of benzene rings is 1. The molecular formula is C9H7ClF3NO4S. The van der Waals surface area contributed by atoms with E-state index in [0.717, 1.165) is 0 Å². The summed E-state index contributed by atoms with van der Waals surface area (Å²) in [5.74, 6) is 0. The summed E-state index contributed by atoms with van der Waals surface area (Å²) >= 11 is 0. The Morgan fingerprint density at radius 1 is 1.37 bits per heavy atom. The second kappa shape index (κ2) is 4.97. The minimum absolute atomic E-state index is 0.0671. The van der Waals surface area contributed by atoms with Gasteiger partial charge in [0, 0.05) is 16.7 Å². The maximum atomic E-state index is 12.7. The highest BCUT2D eigenvalue weighted by atomic mass is 35.7. The standard InChI is InChI=1S/C9H7ClF3NO4S/c1-2-5-3-6(9(11,12)13)7(14(15)16)4-8(5)19(10,17)18/h3-4H,2H2,1H3. The zero-order chi connectivity index (χ0) is 15.0. The van der Waals surface area contributed by atoms with Crippen molar-refractivity contribution in [2.45, 2.75) is 24.4 Å². The van der Waals surface area contributed by atoms with Gasteiger partial charge in [-0.25, -0.2) is 8.42 Å². The van der Waals surface area contributed by atoms with Crippen LogP contribution in [-0.4, -0.2) is 13.3 Å². The molecular weight excluding hydrogens is 311 g/mol. The average Bonchev–Trinajstić information content (AvgIpc) is 2.24. The number of hydrogen-bond acceptors (Lipinski definition) is 4. The van der Waals surface area contributed by atoms with Gasteiger partial charge in [-0.3, -0.25) is 10.1 Å². The largest absolute Gasteiger partial charge is 0.423 e. The predicted octanol–water partition coefficient (Wildman–Crippen LogP) is 3.10. The Kier molecular flexibility index (Phi) is 4.11. The molecule has 5 nitrogen and oxygen atoms in total. The van der Waals surface area contributed by atoms with Crippen LogP contribution in [-0.2, 0) is 21.6 Å². The Morgan fingerprint density at radius 3 is 2.21 bits per heavy atom. The first-order valence-electron chi connectivity index (χ1n) is 4.81. The highest BCUT2D eigenvalue weighted by Crippen LogP contribution is 2.39. The number of nitro benzene ring substituents is 1. The molecule has 19 heavy (non-hydrogen) atoms. The predicted molar refractivity (Wildman–Crippen MR) is 60.5 cm³/mol. The maximum absolute atomic E-state index is 12.7. The van der Waals surface area contributed by atoms with Gasteiger partial charge in [0.2, 0.25) is 0 Å². The monoisotopic (exact) mass is 317 g/mol. The Balaban J connectivity index is 3.76. The third kappa shape index (κ3) is 3.35. The third-order valence-corrected chi connectivity index (χ3v) is 3.73. The lowest BCUT2D eigenvalue weighted by Crippen LogP contribution is -2.11. The van der Waals surface area contributed by atoms with E-state index >= 15 is 0 Å². The van der Waals surface area contributed by atoms with E-state index in [-0.39, 0.29) is 12.0 Å². The second-order valence-corrected chi connectivity index (χ2v) is 6.06. The molecule has 0 amide bonds. The summed E-state index contributed by atoms with van der Waals surface area (Å²) in [6.07, 6.45) is -5.02. The number of alkyl halides is 3. The van der Waals surface area contributed by atoms with Crippen LogP contribution in [0.15, 0.2) is 17.0 Å². The zero-order valence-electron chi connectivity index (χ0n) is 9.36. The topological polar surface area (TPSA) is 77.3 Å². The molecule has 0 aliphatic rings. The van der Waals surface area contributed by atoms with Crippen LogP contribution in [0.1, 0.15) is 18.1 Å². The number of rotatable bonds is 3. The van der Waals surface area contributed by atoms with Gasteiger partial charge in [-0.2, -0.15) is 13.2 Å². The average molecular weight is 318 g/mol. The van der Waals surface area contributed by atoms with Gasteiger partial charge in [0.1, 0.15) is 5.56 Å². The highest BCUT2D eigenvalue weighted by molar-refractivity contribution is 8.13. The van der Waals surface area contributed by atoms with Gasteiger partial charge in [0.25, 0.3) is 14.7 Å². The lowest BCUT2D eigenvalue weighted by Gasteiger charge is -2.11. The molecule has 0 aliphatic heterocycles. The van der Waals surface area contributed by atoms with Crippen LogP contribution in [0.25, 0.3) is 0 Å². The van der Waals surface area contributed by atoms with Gasteiger partial charge in [-0.1, -0.05) is 6.92 Å². The Labute approximate surface area is 110 Å². The van der Waals surface area contributed by atoms with Crippen LogP contribution >= 0.6 is 10.7 Å². The number of nitrogens with zero attached hydrogens (tertiary/aromatic N) is 1. The minimum atomic E-state index is -4.96. The third-order valence-electron chi connectivity index (χ3n) is 2.32. The molecule has 0 aliphatic carbocycles. The van der Waals surface area contributed by atoms with E-state index in [1.807, 2.05) is 0 Å². The Morgan fingerprint density at radius 2 is 1.89 bits per heavy atom. The van der Waals surface area contributed by atoms with E-state index in [1.54, 1.807) is 0 Å². The number of aryl methyl sites for hydroxylation is 1. The van der Waals surface area contributed by atoms with Crippen molar-refractivity contribution in [2.75, 3.05) is 0 Å². The van der Waals surface area contributed by atoms with Gasteiger partial charge in [0.05, 0.1) is 9.82 Å². The zero-order valence-corrected chi connectivity index (χ0v) is 10.9. The fourth-order valence-corrected chi connectivity index (χ4v) is 2.70. The smallest absolute Gasteiger partial charge is 0.258 e. The molecule has 0 spiro atoms. The first-order chi connectivity index (χ1) is 8.48. The summed E-state index contributed by atoms with van der Waals surface area (Å²) in [6, 6.07) is 0.775. The Hall–Kier alpha value is -1.35. The summed E-state index contributed by atoms with van der Waals surface area (Å²) in [5, 5.41) is 10.6. The van der Waals surface area contributed by atoms with Crippen LogP contribution in [0.4, 0.5) is 18.9 Å². The van der Waals surface area contributed by atoms with E-state index in [4.69, 9.17) is 10.7 Å². The summed E-state index contributed by atoms with van der Waals surface area (Å²) in [7, 11) is 0.691. The molecule has 0 radical (unpaired) electrons. The van der Waals surface area contributed by atoms with Crippen LogP contribution in [0.5, 0.6) is 0 Å². The van der Waals surface area contributed by atoms with Crippen molar-refractivity contribution in [1.82, 2.24) is 0 Å². The van der Waals surface area contributed by atoms with Gasteiger partial charge >= 0.3 is 6.18 Å². The summed E-state index contributed by atoms with van der Waals surface area (Å²) < 4.78 is 60.4. The molecule has 106 valence electrons. The van der Waals surface area contributed by atoms with Gasteiger partial charge in [0.15, 0.2) is 0 Å².